The van der Waals surface area contributed by atoms with Gasteiger partial charge in [0.1, 0.15) is 0 Å². The van der Waals surface area contributed by atoms with E-state index in [9.17, 15) is 9.59 Å². The third-order valence-corrected chi connectivity index (χ3v) is 3.13. The van der Waals surface area contributed by atoms with Crippen LogP contribution in [-0.2, 0) is 14.3 Å². The van der Waals surface area contributed by atoms with Gasteiger partial charge in [-0.25, -0.2) is 0 Å². The monoisotopic (exact) mass is 291 g/mol. The number of rotatable bonds is 3. The lowest BCUT2D eigenvalue weighted by Crippen LogP contribution is -2.23. The fourth-order valence-corrected chi connectivity index (χ4v) is 2.05. The summed E-state index contributed by atoms with van der Waals surface area (Å²) >= 11 is 5.80. The molecule has 0 aromatic heterocycles. The average Bonchev–Trinajstić information content (AvgIpc) is 2.67. The first-order chi connectivity index (χ1) is 9.52. The van der Waals surface area contributed by atoms with Gasteiger partial charge in [-0.2, -0.15) is 0 Å². The van der Waals surface area contributed by atoms with E-state index in [0.717, 1.165) is 5.56 Å². The number of hydrogen-bond acceptors (Lipinski definition) is 4. The van der Waals surface area contributed by atoms with E-state index < -0.39 is 11.9 Å². The highest BCUT2D eigenvalue weighted by molar-refractivity contribution is 6.30. The van der Waals surface area contributed by atoms with Crippen molar-refractivity contribution in [3.8, 4) is 0 Å². The van der Waals surface area contributed by atoms with Crippen LogP contribution >= 0.6 is 11.6 Å². The zero-order valence-electron chi connectivity index (χ0n) is 11.0. The maximum Gasteiger partial charge on any atom is 0.322 e. The molecule has 1 heterocycles. The van der Waals surface area contributed by atoms with Crippen LogP contribution in [0.5, 0.6) is 0 Å². The largest absolute Gasteiger partial charge is 0.465 e. The minimum absolute atomic E-state index is 0.228. The van der Waals surface area contributed by atoms with Gasteiger partial charge >= 0.3 is 5.97 Å². The molecule has 0 amide bonds. The molecule has 4 nitrogen and oxygen atoms in total. The van der Waals surface area contributed by atoms with E-state index in [-0.39, 0.29) is 12.4 Å². The van der Waals surface area contributed by atoms with Crippen LogP contribution < -0.4 is 5.32 Å². The normalized spacial score (nSPS) is 20.1. The number of carbonyl (C=O) groups is 2. The van der Waals surface area contributed by atoms with Gasteiger partial charge in [-0.15, -0.1) is 0 Å². The van der Waals surface area contributed by atoms with Crippen molar-refractivity contribution >= 4 is 29.4 Å². The van der Waals surface area contributed by atoms with E-state index in [2.05, 4.69) is 11.9 Å². The van der Waals surface area contributed by atoms with Crippen LogP contribution in [0, 0.1) is 5.92 Å². The number of Topliss-reactive ketones (excluding diaryl/α,β-unsaturated/α-hetero) is 1. The van der Waals surface area contributed by atoms with Crippen LogP contribution in [0.1, 0.15) is 12.5 Å². The summed E-state index contributed by atoms with van der Waals surface area (Å²) in [4.78, 5) is 23.9. The number of halogens is 1. The smallest absolute Gasteiger partial charge is 0.322 e. The average molecular weight is 292 g/mol. The lowest BCUT2D eigenvalue weighted by Gasteiger charge is -2.06. The van der Waals surface area contributed by atoms with Crippen molar-refractivity contribution in [2.45, 2.75) is 6.92 Å². The highest BCUT2D eigenvalue weighted by Gasteiger charge is 2.39. The summed E-state index contributed by atoms with van der Waals surface area (Å²) in [5, 5.41) is 3.46. The Morgan fingerprint density at radius 1 is 1.45 bits per heavy atom. The van der Waals surface area contributed by atoms with Crippen LogP contribution in [-0.4, -0.2) is 18.4 Å². The standard InChI is InChI=1S/C15H14ClNO3/c1-3-20-15(19)13-9(2)17-12(14(13)18)8-10-4-6-11(16)7-5-10/h4-8,13,17H,2-3H2,1H3. The maximum absolute atomic E-state index is 12.2. The molecule has 1 saturated heterocycles. The fraction of sp³-hybridized carbons (Fsp3) is 0.200. The number of carbonyl (C=O) groups excluding carboxylic acids is 2. The first-order valence-corrected chi connectivity index (χ1v) is 6.54. The van der Waals surface area contributed by atoms with E-state index >= 15 is 0 Å². The number of ether oxygens (including phenoxy) is 1. The van der Waals surface area contributed by atoms with Crippen molar-refractivity contribution in [3.05, 3.63) is 52.8 Å². The van der Waals surface area contributed by atoms with E-state index in [4.69, 9.17) is 16.3 Å². The van der Waals surface area contributed by atoms with Crippen molar-refractivity contribution in [2.75, 3.05) is 6.61 Å². The lowest BCUT2D eigenvalue weighted by atomic mass is 10.0. The van der Waals surface area contributed by atoms with Crippen LogP contribution in [0.2, 0.25) is 5.02 Å². The predicted octanol–water partition coefficient (Wildman–Crippen LogP) is 2.55. The van der Waals surface area contributed by atoms with Crippen LogP contribution in [0.15, 0.2) is 42.2 Å². The van der Waals surface area contributed by atoms with Crippen LogP contribution in [0.3, 0.4) is 0 Å². The second kappa shape index (κ2) is 5.92. The molecule has 1 fully saturated rings. The van der Waals surface area contributed by atoms with Crippen molar-refractivity contribution < 1.29 is 14.3 Å². The Hall–Kier alpha value is -2.07. The van der Waals surface area contributed by atoms with Gasteiger partial charge in [0.15, 0.2) is 11.7 Å². The molecular weight excluding hydrogens is 278 g/mol. The Labute approximate surface area is 122 Å². The van der Waals surface area contributed by atoms with Gasteiger partial charge in [-0.3, -0.25) is 9.59 Å². The molecule has 0 spiro atoms. The molecule has 1 aromatic carbocycles. The summed E-state index contributed by atoms with van der Waals surface area (Å²) < 4.78 is 4.88. The van der Waals surface area contributed by atoms with Crippen molar-refractivity contribution in [1.82, 2.24) is 5.32 Å². The van der Waals surface area contributed by atoms with Gasteiger partial charge in [-0.1, -0.05) is 30.3 Å². The van der Waals surface area contributed by atoms with E-state index in [1.807, 2.05) is 0 Å². The van der Waals surface area contributed by atoms with E-state index in [1.54, 1.807) is 37.3 Å². The Balaban J connectivity index is 2.23. The Morgan fingerprint density at radius 3 is 2.70 bits per heavy atom. The minimum Gasteiger partial charge on any atom is -0.465 e. The van der Waals surface area contributed by atoms with Gasteiger partial charge in [0, 0.05) is 10.7 Å². The molecule has 104 valence electrons. The van der Waals surface area contributed by atoms with E-state index in [1.165, 1.54) is 0 Å². The summed E-state index contributed by atoms with van der Waals surface area (Å²) in [7, 11) is 0. The van der Waals surface area contributed by atoms with Crippen LogP contribution in [0.4, 0.5) is 0 Å². The molecule has 0 bridgehead atoms. The zero-order valence-corrected chi connectivity index (χ0v) is 11.7. The summed E-state index contributed by atoms with van der Waals surface area (Å²) in [5.41, 5.74) is 1.48. The van der Waals surface area contributed by atoms with Gasteiger partial charge in [0.25, 0.3) is 0 Å². The minimum atomic E-state index is -0.964. The molecule has 1 unspecified atom stereocenters. The number of nitrogens with one attached hydrogen (secondary N) is 1. The number of esters is 1. The lowest BCUT2D eigenvalue weighted by molar-refractivity contribution is -0.148. The first-order valence-electron chi connectivity index (χ1n) is 6.17. The van der Waals surface area contributed by atoms with Gasteiger partial charge < -0.3 is 10.1 Å². The molecule has 5 heteroatoms. The second-order valence-electron chi connectivity index (χ2n) is 4.31. The molecular formula is C15H14ClNO3. The zero-order chi connectivity index (χ0) is 14.7. The van der Waals surface area contributed by atoms with Gasteiger partial charge in [-0.05, 0) is 30.7 Å². The predicted molar refractivity (Wildman–Crippen MR) is 76.8 cm³/mol. The van der Waals surface area contributed by atoms with Crippen LogP contribution in [0.25, 0.3) is 6.08 Å². The maximum atomic E-state index is 12.2. The Bertz CT molecular complexity index is 590. The van der Waals surface area contributed by atoms with Crippen molar-refractivity contribution in [2.24, 2.45) is 5.92 Å². The molecule has 1 atom stereocenters. The van der Waals surface area contributed by atoms with Crippen molar-refractivity contribution in [1.29, 1.82) is 0 Å². The second-order valence-corrected chi connectivity index (χ2v) is 4.75. The Morgan fingerprint density at radius 2 is 2.10 bits per heavy atom. The molecule has 1 aliphatic heterocycles. The molecule has 1 aromatic rings. The number of hydrogen-bond donors (Lipinski definition) is 1. The Kier molecular flexibility index (Phi) is 4.25. The summed E-state index contributed by atoms with van der Waals surface area (Å²) in [5.74, 6) is -1.87. The van der Waals surface area contributed by atoms with Gasteiger partial charge in [0.2, 0.25) is 0 Å². The molecule has 0 aliphatic carbocycles. The highest BCUT2D eigenvalue weighted by atomic mass is 35.5. The topological polar surface area (TPSA) is 55.4 Å². The molecule has 2 rings (SSSR count). The molecule has 1 aliphatic rings. The summed E-state index contributed by atoms with van der Waals surface area (Å²) in [6, 6.07) is 7.02. The molecule has 0 saturated carbocycles. The number of benzene rings is 1. The third kappa shape index (κ3) is 2.91. The first kappa shape index (κ1) is 14.3. The van der Waals surface area contributed by atoms with Crippen molar-refractivity contribution in [3.63, 3.8) is 0 Å². The SMILES string of the molecule is C=C1NC(=Cc2ccc(Cl)cc2)C(=O)C1C(=O)OCC. The molecule has 20 heavy (non-hydrogen) atoms. The highest BCUT2D eigenvalue weighted by Crippen LogP contribution is 2.24. The fourth-order valence-electron chi connectivity index (χ4n) is 1.93. The quantitative estimate of drug-likeness (QED) is 0.528. The molecule has 1 N–H and O–H groups in total. The van der Waals surface area contributed by atoms with Gasteiger partial charge in [0.05, 0.1) is 12.3 Å². The number of ketones is 1. The summed E-state index contributed by atoms with van der Waals surface area (Å²) in [6.07, 6.45) is 1.66. The number of allylic oxidation sites excluding steroid dienone is 1. The van der Waals surface area contributed by atoms with E-state index in [0.29, 0.717) is 16.4 Å². The third-order valence-electron chi connectivity index (χ3n) is 2.87. The summed E-state index contributed by atoms with van der Waals surface area (Å²) in [6.45, 7) is 5.62. The molecule has 0 radical (unpaired) electrons.